The van der Waals surface area contributed by atoms with Crippen LogP contribution in [0.1, 0.15) is 48.9 Å². The molecule has 1 aromatic heterocycles. The van der Waals surface area contributed by atoms with E-state index in [2.05, 4.69) is 10.4 Å². The minimum Gasteiger partial charge on any atom is -0.321 e. The number of nitrogens with one attached hydrogen (secondary N) is 1. The molecule has 0 atom stereocenters. The molecule has 0 saturated carbocycles. The third kappa shape index (κ3) is 2.72. The molecule has 0 spiro atoms. The van der Waals surface area contributed by atoms with E-state index in [9.17, 15) is 18.8 Å². The standard InChI is InChI=1S/C22H17FN4O3/c1-26-21(29)15-10-7-13(11-17(15)22(26)30)24-20(28)19-16-3-2-4-18(16)27(25-19)14-8-5-12(23)6-9-14/h5-11H,2-4H2,1H3,(H,24,28). The molecule has 3 aromatic rings. The molecule has 0 unspecified atom stereocenters. The molecule has 8 heteroatoms. The lowest BCUT2D eigenvalue weighted by molar-refractivity contribution is 0.0692. The van der Waals surface area contributed by atoms with Gasteiger partial charge in [0.2, 0.25) is 0 Å². The number of carbonyl (C=O) groups excluding carboxylic acids is 3. The molecule has 1 aliphatic heterocycles. The monoisotopic (exact) mass is 404 g/mol. The highest BCUT2D eigenvalue weighted by Crippen LogP contribution is 2.29. The average molecular weight is 404 g/mol. The molecular formula is C22H17FN4O3. The number of halogens is 1. The van der Waals surface area contributed by atoms with Crippen LogP contribution in [0.15, 0.2) is 42.5 Å². The van der Waals surface area contributed by atoms with Gasteiger partial charge >= 0.3 is 0 Å². The van der Waals surface area contributed by atoms with Crippen molar-refractivity contribution in [3.05, 3.63) is 76.4 Å². The van der Waals surface area contributed by atoms with Crippen molar-refractivity contribution in [2.75, 3.05) is 12.4 Å². The van der Waals surface area contributed by atoms with Crippen molar-refractivity contribution in [1.29, 1.82) is 0 Å². The van der Waals surface area contributed by atoms with Gasteiger partial charge in [-0.15, -0.1) is 0 Å². The van der Waals surface area contributed by atoms with Crippen molar-refractivity contribution in [1.82, 2.24) is 14.7 Å². The Morgan fingerprint density at radius 3 is 2.53 bits per heavy atom. The first-order valence-corrected chi connectivity index (χ1v) is 9.58. The van der Waals surface area contributed by atoms with E-state index in [1.807, 2.05) is 0 Å². The summed E-state index contributed by atoms with van der Waals surface area (Å²) in [4.78, 5) is 38.3. The molecule has 5 rings (SSSR count). The van der Waals surface area contributed by atoms with Crippen molar-refractivity contribution in [2.24, 2.45) is 0 Å². The highest BCUT2D eigenvalue weighted by molar-refractivity contribution is 6.21. The number of aromatic nitrogens is 2. The first kappa shape index (κ1) is 18.2. The molecule has 0 saturated heterocycles. The van der Waals surface area contributed by atoms with Crippen LogP contribution in [0, 0.1) is 5.82 Å². The van der Waals surface area contributed by atoms with Crippen molar-refractivity contribution >= 4 is 23.4 Å². The predicted octanol–water partition coefficient (Wildman–Crippen LogP) is 2.98. The number of anilines is 1. The number of nitrogens with zero attached hydrogens (tertiary/aromatic N) is 3. The normalized spacial score (nSPS) is 14.8. The van der Waals surface area contributed by atoms with Crippen molar-refractivity contribution in [2.45, 2.75) is 19.3 Å². The van der Waals surface area contributed by atoms with Gasteiger partial charge in [0.25, 0.3) is 17.7 Å². The Labute approximate surface area is 171 Å². The van der Waals surface area contributed by atoms with Gasteiger partial charge in [-0.3, -0.25) is 19.3 Å². The highest BCUT2D eigenvalue weighted by atomic mass is 19.1. The van der Waals surface area contributed by atoms with Crippen molar-refractivity contribution < 1.29 is 18.8 Å². The Balaban J connectivity index is 1.47. The molecule has 150 valence electrons. The lowest BCUT2D eigenvalue weighted by atomic mass is 10.1. The first-order chi connectivity index (χ1) is 14.4. The molecule has 1 N–H and O–H groups in total. The smallest absolute Gasteiger partial charge is 0.276 e. The summed E-state index contributed by atoms with van der Waals surface area (Å²) in [6.07, 6.45) is 2.44. The fourth-order valence-corrected chi connectivity index (χ4v) is 4.04. The van der Waals surface area contributed by atoms with Crippen LogP contribution in [0.4, 0.5) is 10.1 Å². The fraction of sp³-hybridized carbons (Fsp3) is 0.182. The van der Waals surface area contributed by atoms with E-state index in [0.717, 1.165) is 35.4 Å². The Kier molecular flexibility index (Phi) is 4.02. The predicted molar refractivity (Wildman–Crippen MR) is 106 cm³/mol. The average Bonchev–Trinajstić information content (AvgIpc) is 3.40. The topological polar surface area (TPSA) is 84.3 Å². The van der Waals surface area contributed by atoms with Crippen LogP contribution < -0.4 is 5.32 Å². The second-order valence-corrected chi connectivity index (χ2v) is 7.40. The van der Waals surface area contributed by atoms with Gasteiger partial charge in [-0.2, -0.15) is 5.10 Å². The van der Waals surface area contributed by atoms with Gasteiger partial charge in [0, 0.05) is 24.0 Å². The lowest BCUT2D eigenvalue weighted by Crippen LogP contribution is -2.24. The molecule has 0 fully saturated rings. The van der Waals surface area contributed by atoms with Crippen molar-refractivity contribution in [3.63, 3.8) is 0 Å². The van der Waals surface area contributed by atoms with Crippen LogP contribution in [0.3, 0.4) is 0 Å². The third-order valence-corrected chi connectivity index (χ3v) is 5.56. The number of imide groups is 1. The molecule has 2 aliphatic rings. The van der Waals surface area contributed by atoms with Gasteiger partial charge in [-0.05, 0) is 61.7 Å². The second kappa shape index (κ2) is 6.62. The van der Waals surface area contributed by atoms with Gasteiger partial charge in [0.05, 0.1) is 16.8 Å². The molecule has 2 heterocycles. The molecule has 0 radical (unpaired) electrons. The van der Waals surface area contributed by atoms with Crippen molar-refractivity contribution in [3.8, 4) is 5.69 Å². The second-order valence-electron chi connectivity index (χ2n) is 7.40. The Hall–Kier alpha value is -3.81. The lowest BCUT2D eigenvalue weighted by Gasteiger charge is -2.06. The first-order valence-electron chi connectivity index (χ1n) is 9.58. The van der Waals surface area contributed by atoms with Crippen LogP contribution in [-0.2, 0) is 12.8 Å². The number of carbonyl (C=O) groups is 3. The molecule has 2 aromatic carbocycles. The summed E-state index contributed by atoms with van der Waals surface area (Å²) in [6.45, 7) is 0. The zero-order valence-corrected chi connectivity index (χ0v) is 16.1. The molecule has 7 nitrogen and oxygen atoms in total. The summed E-state index contributed by atoms with van der Waals surface area (Å²) in [5.41, 5.74) is 3.83. The zero-order valence-electron chi connectivity index (χ0n) is 16.1. The maximum absolute atomic E-state index is 13.3. The van der Waals surface area contributed by atoms with Crippen LogP contribution in [-0.4, -0.2) is 39.4 Å². The number of fused-ring (bicyclic) bond motifs is 2. The van der Waals surface area contributed by atoms with E-state index in [0.29, 0.717) is 22.6 Å². The summed E-state index contributed by atoms with van der Waals surface area (Å²) < 4.78 is 15.0. The number of hydrogen-bond acceptors (Lipinski definition) is 4. The van der Waals surface area contributed by atoms with Crippen LogP contribution in [0.2, 0.25) is 0 Å². The van der Waals surface area contributed by atoms with Gasteiger partial charge in [0.1, 0.15) is 5.82 Å². The summed E-state index contributed by atoms with van der Waals surface area (Å²) in [7, 11) is 1.42. The maximum Gasteiger partial charge on any atom is 0.276 e. The summed E-state index contributed by atoms with van der Waals surface area (Å²) in [5, 5.41) is 7.28. The van der Waals surface area contributed by atoms with E-state index >= 15 is 0 Å². The Morgan fingerprint density at radius 1 is 1.03 bits per heavy atom. The summed E-state index contributed by atoms with van der Waals surface area (Å²) >= 11 is 0. The minimum absolute atomic E-state index is 0.266. The number of hydrogen-bond donors (Lipinski definition) is 1. The van der Waals surface area contributed by atoms with E-state index in [-0.39, 0.29) is 23.2 Å². The van der Waals surface area contributed by atoms with Crippen LogP contribution in [0.25, 0.3) is 5.69 Å². The number of benzene rings is 2. The van der Waals surface area contributed by atoms with Gasteiger partial charge < -0.3 is 5.32 Å². The summed E-state index contributed by atoms with van der Waals surface area (Å²) in [6, 6.07) is 10.6. The van der Waals surface area contributed by atoms with E-state index < -0.39 is 5.91 Å². The molecule has 0 bridgehead atoms. The van der Waals surface area contributed by atoms with Crippen LogP contribution >= 0.6 is 0 Å². The molecule has 30 heavy (non-hydrogen) atoms. The largest absolute Gasteiger partial charge is 0.321 e. The zero-order chi connectivity index (χ0) is 21.0. The highest BCUT2D eigenvalue weighted by Gasteiger charge is 2.33. The van der Waals surface area contributed by atoms with Gasteiger partial charge in [-0.1, -0.05) is 0 Å². The molecular weight excluding hydrogens is 387 g/mol. The quantitative estimate of drug-likeness (QED) is 0.681. The van der Waals surface area contributed by atoms with E-state index in [4.69, 9.17) is 0 Å². The Morgan fingerprint density at radius 2 is 1.77 bits per heavy atom. The van der Waals surface area contributed by atoms with E-state index in [1.165, 1.54) is 31.3 Å². The fourth-order valence-electron chi connectivity index (χ4n) is 4.04. The van der Waals surface area contributed by atoms with Crippen LogP contribution in [0.5, 0.6) is 0 Å². The molecule has 3 amide bonds. The number of rotatable bonds is 3. The summed E-state index contributed by atoms with van der Waals surface area (Å²) in [5.74, 6) is -1.48. The SMILES string of the molecule is CN1C(=O)c2ccc(NC(=O)c3nn(-c4ccc(F)cc4)c4c3CCC4)cc2C1=O. The van der Waals surface area contributed by atoms with Gasteiger partial charge in [0.15, 0.2) is 5.69 Å². The third-order valence-electron chi connectivity index (χ3n) is 5.56. The van der Waals surface area contributed by atoms with Gasteiger partial charge in [-0.25, -0.2) is 9.07 Å². The number of amides is 3. The Bertz CT molecular complexity index is 1230. The maximum atomic E-state index is 13.3. The minimum atomic E-state index is -0.396. The van der Waals surface area contributed by atoms with E-state index in [1.54, 1.807) is 22.9 Å². The molecule has 1 aliphatic carbocycles.